The van der Waals surface area contributed by atoms with Gasteiger partial charge in [0.25, 0.3) is 0 Å². The quantitative estimate of drug-likeness (QED) is 0.323. The van der Waals surface area contributed by atoms with Gasteiger partial charge < -0.3 is 4.74 Å². The van der Waals surface area contributed by atoms with E-state index < -0.39 is 5.83 Å². The van der Waals surface area contributed by atoms with E-state index in [1.165, 1.54) is 70.3 Å². The number of halogens is 1. The van der Waals surface area contributed by atoms with Gasteiger partial charge in [0.05, 0.1) is 5.60 Å². The van der Waals surface area contributed by atoms with Crippen molar-refractivity contribution in [3.8, 4) is 6.07 Å². The van der Waals surface area contributed by atoms with Gasteiger partial charge in [-0.1, -0.05) is 45.4 Å². The summed E-state index contributed by atoms with van der Waals surface area (Å²) in [6.07, 6.45) is 18.9. The van der Waals surface area contributed by atoms with Gasteiger partial charge in [-0.2, -0.15) is 9.65 Å². The zero-order chi connectivity index (χ0) is 18.8. The van der Waals surface area contributed by atoms with Crippen molar-refractivity contribution in [1.82, 2.24) is 0 Å². The summed E-state index contributed by atoms with van der Waals surface area (Å²) >= 11 is 0. The second-order valence-corrected chi connectivity index (χ2v) is 8.70. The van der Waals surface area contributed by atoms with Crippen molar-refractivity contribution in [3.63, 3.8) is 0 Å². The number of hydrogen-bond donors (Lipinski definition) is 0. The molecule has 2 saturated carbocycles. The summed E-state index contributed by atoms with van der Waals surface area (Å²) in [6.45, 7) is 2.29. The van der Waals surface area contributed by atoms with E-state index in [9.17, 15) is 4.39 Å². The molecule has 2 nitrogen and oxygen atoms in total. The monoisotopic (exact) mass is 363 g/mol. The molecule has 0 amide bonds. The standard InChI is InChI=1S/C23H38FNO/c1-3-4-5-7-19-9-11-20(12-10-19)21-13-16-23(26-2,17-14-21)15-6-8-22(24)18-25/h8,19-21H,3-7,9-17H2,1-2H3. The number of allylic oxidation sites excluding steroid dienone is 2. The molecule has 26 heavy (non-hydrogen) atoms. The molecular formula is C23H38FNO. The van der Waals surface area contributed by atoms with Crippen molar-refractivity contribution in [2.24, 2.45) is 17.8 Å². The molecule has 0 radical (unpaired) electrons. The van der Waals surface area contributed by atoms with Gasteiger partial charge in [-0.05, 0) is 75.2 Å². The molecular weight excluding hydrogens is 325 g/mol. The smallest absolute Gasteiger partial charge is 0.196 e. The van der Waals surface area contributed by atoms with Crippen LogP contribution in [0.5, 0.6) is 0 Å². The average molecular weight is 364 g/mol. The third-order valence-electron chi connectivity index (χ3n) is 7.18. The lowest BCUT2D eigenvalue weighted by Crippen LogP contribution is -2.38. The lowest BCUT2D eigenvalue weighted by atomic mass is 9.67. The van der Waals surface area contributed by atoms with Crippen LogP contribution < -0.4 is 0 Å². The summed E-state index contributed by atoms with van der Waals surface area (Å²) in [4.78, 5) is 0. The Morgan fingerprint density at radius 1 is 1.12 bits per heavy atom. The van der Waals surface area contributed by atoms with Crippen LogP contribution in [0.2, 0.25) is 0 Å². The van der Waals surface area contributed by atoms with Gasteiger partial charge in [0.15, 0.2) is 5.83 Å². The Hall–Kier alpha value is -0.880. The predicted molar refractivity (Wildman–Crippen MR) is 105 cm³/mol. The lowest BCUT2D eigenvalue weighted by molar-refractivity contribution is -0.0619. The highest BCUT2D eigenvalue weighted by Gasteiger charge is 2.38. The molecule has 3 heteroatoms. The number of ether oxygens (including phenoxy) is 1. The summed E-state index contributed by atoms with van der Waals surface area (Å²) in [6, 6.07) is 1.56. The van der Waals surface area contributed by atoms with Gasteiger partial charge in [0.2, 0.25) is 0 Å². The molecule has 0 N–H and O–H groups in total. The number of rotatable bonds is 9. The fourth-order valence-corrected chi connectivity index (χ4v) is 5.33. The minimum Gasteiger partial charge on any atom is -0.378 e. The maximum absolute atomic E-state index is 13.0. The largest absolute Gasteiger partial charge is 0.378 e. The van der Waals surface area contributed by atoms with E-state index in [0.717, 1.165) is 37.0 Å². The molecule has 0 heterocycles. The Morgan fingerprint density at radius 3 is 2.35 bits per heavy atom. The third kappa shape index (κ3) is 6.38. The van der Waals surface area contributed by atoms with Crippen LogP contribution in [0.15, 0.2) is 11.9 Å². The first-order valence-corrected chi connectivity index (χ1v) is 10.9. The van der Waals surface area contributed by atoms with E-state index in [-0.39, 0.29) is 5.60 Å². The van der Waals surface area contributed by atoms with Crippen molar-refractivity contribution in [2.75, 3.05) is 7.11 Å². The molecule has 0 atom stereocenters. The zero-order valence-electron chi connectivity index (χ0n) is 16.9. The van der Waals surface area contributed by atoms with Gasteiger partial charge in [-0.25, -0.2) is 0 Å². The number of nitrogens with zero attached hydrogens (tertiary/aromatic N) is 1. The number of methoxy groups -OCH3 is 1. The molecule has 148 valence electrons. The van der Waals surface area contributed by atoms with Crippen LogP contribution in [0.3, 0.4) is 0 Å². The van der Waals surface area contributed by atoms with Gasteiger partial charge in [0, 0.05) is 7.11 Å². The van der Waals surface area contributed by atoms with Crippen LogP contribution in [-0.4, -0.2) is 12.7 Å². The van der Waals surface area contributed by atoms with Gasteiger partial charge in [-0.3, -0.25) is 0 Å². The van der Waals surface area contributed by atoms with E-state index in [4.69, 9.17) is 10.00 Å². The summed E-state index contributed by atoms with van der Waals surface area (Å²) in [5, 5.41) is 8.53. The summed E-state index contributed by atoms with van der Waals surface area (Å²) in [7, 11) is 1.80. The molecule has 0 aromatic heterocycles. The SMILES string of the molecule is CCCCCC1CCC(C2CCC(CCC=C(F)C#N)(OC)CC2)CC1. The maximum Gasteiger partial charge on any atom is 0.196 e. The van der Waals surface area contributed by atoms with Crippen LogP contribution in [0, 0.1) is 29.1 Å². The van der Waals surface area contributed by atoms with Crippen molar-refractivity contribution >= 4 is 0 Å². The molecule has 0 aromatic rings. The molecule has 0 aromatic carbocycles. The number of nitriles is 1. The van der Waals surface area contributed by atoms with E-state index in [2.05, 4.69) is 6.92 Å². The van der Waals surface area contributed by atoms with E-state index in [0.29, 0.717) is 6.42 Å². The average Bonchev–Trinajstić information content (AvgIpc) is 2.69. The molecule has 2 aliphatic rings. The molecule has 2 fully saturated rings. The van der Waals surface area contributed by atoms with Gasteiger partial charge in [-0.15, -0.1) is 0 Å². The fourth-order valence-electron chi connectivity index (χ4n) is 5.33. The number of unbranched alkanes of at least 4 members (excludes halogenated alkanes) is 2. The van der Waals surface area contributed by atoms with Crippen molar-refractivity contribution in [2.45, 2.75) is 102 Å². The molecule has 0 unspecified atom stereocenters. The van der Waals surface area contributed by atoms with Crippen molar-refractivity contribution < 1.29 is 9.13 Å². The highest BCUT2D eigenvalue weighted by Crippen LogP contribution is 2.45. The predicted octanol–water partition coefficient (Wildman–Crippen LogP) is 7.11. The zero-order valence-corrected chi connectivity index (χ0v) is 16.9. The van der Waals surface area contributed by atoms with Gasteiger partial charge in [0.1, 0.15) is 6.07 Å². The Labute approximate surface area is 160 Å². The van der Waals surface area contributed by atoms with E-state index in [1.54, 1.807) is 13.2 Å². The Morgan fingerprint density at radius 2 is 1.77 bits per heavy atom. The summed E-state index contributed by atoms with van der Waals surface area (Å²) < 4.78 is 18.9. The molecule has 2 rings (SSSR count). The van der Waals surface area contributed by atoms with Gasteiger partial charge >= 0.3 is 0 Å². The lowest BCUT2D eigenvalue weighted by Gasteiger charge is -2.43. The molecule has 0 bridgehead atoms. The minimum atomic E-state index is -0.666. The topological polar surface area (TPSA) is 33.0 Å². The first-order chi connectivity index (χ1) is 12.6. The second-order valence-electron chi connectivity index (χ2n) is 8.70. The Balaban J connectivity index is 1.73. The van der Waals surface area contributed by atoms with Crippen LogP contribution in [0.4, 0.5) is 4.39 Å². The Kier molecular flexibility index (Phi) is 9.12. The molecule has 2 aliphatic carbocycles. The fraction of sp³-hybridized carbons (Fsp3) is 0.870. The van der Waals surface area contributed by atoms with Crippen LogP contribution in [0.1, 0.15) is 96.8 Å². The normalized spacial score (nSPS) is 33.0. The highest BCUT2D eigenvalue weighted by molar-refractivity contribution is 5.11. The van der Waals surface area contributed by atoms with E-state index >= 15 is 0 Å². The number of hydrogen-bond acceptors (Lipinski definition) is 2. The van der Waals surface area contributed by atoms with Crippen molar-refractivity contribution in [1.29, 1.82) is 5.26 Å². The summed E-state index contributed by atoms with van der Waals surface area (Å²) in [5.74, 6) is 2.10. The molecule has 0 saturated heterocycles. The first-order valence-electron chi connectivity index (χ1n) is 10.9. The summed E-state index contributed by atoms with van der Waals surface area (Å²) in [5.41, 5.74) is -0.0971. The maximum atomic E-state index is 13.0. The minimum absolute atomic E-state index is 0.0971. The van der Waals surface area contributed by atoms with Crippen molar-refractivity contribution in [3.05, 3.63) is 11.9 Å². The molecule has 0 aliphatic heterocycles. The van der Waals surface area contributed by atoms with Crippen LogP contribution in [0.25, 0.3) is 0 Å². The third-order valence-corrected chi connectivity index (χ3v) is 7.18. The van der Waals surface area contributed by atoms with Crippen LogP contribution >= 0.6 is 0 Å². The highest BCUT2D eigenvalue weighted by atomic mass is 19.1. The van der Waals surface area contributed by atoms with E-state index in [1.807, 2.05) is 0 Å². The van der Waals surface area contributed by atoms with Crippen LogP contribution in [-0.2, 0) is 4.74 Å². The first kappa shape index (κ1) is 21.4. The second kappa shape index (κ2) is 11.1. The Bertz CT molecular complexity index is 465. The molecule has 0 spiro atoms.